The van der Waals surface area contributed by atoms with E-state index in [0.29, 0.717) is 16.5 Å². The van der Waals surface area contributed by atoms with Crippen molar-refractivity contribution in [2.75, 3.05) is 7.11 Å². The summed E-state index contributed by atoms with van der Waals surface area (Å²) in [4.78, 5) is 0. The van der Waals surface area contributed by atoms with Crippen LogP contribution in [0.25, 0.3) is 0 Å². The zero-order chi connectivity index (χ0) is 11.6. The maximum absolute atomic E-state index is 13.8. The number of hydrogen-bond acceptors (Lipinski definition) is 3. The molecule has 0 aliphatic rings. The topological polar surface area (TPSA) is 55.5 Å². The lowest BCUT2D eigenvalue weighted by Crippen LogP contribution is -2.19. The van der Waals surface area contributed by atoms with E-state index in [2.05, 4.69) is 15.9 Å². The van der Waals surface area contributed by atoms with Gasteiger partial charge in [-0.15, -0.1) is 0 Å². The minimum Gasteiger partial charge on any atom is -0.504 e. The van der Waals surface area contributed by atoms with Gasteiger partial charge in [0.05, 0.1) is 7.11 Å². The fourth-order valence-corrected chi connectivity index (χ4v) is 1.88. The van der Waals surface area contributed by atoms with E-state index in [1.54, 1.807) is 6.92 Å². The van der Waals surface area contributed by atoms with Crippen LogP contribution in [0, 0.1) is 5.82 Å². The van der Waals surface area contributed by atoms with E-state index in [1.807, 2.05) is 0 Å². The zero-order valence-corrected chi connectivity index (χ0v) is 10.1. The van der Waals surface area contributed by atoms with Crippen LogP contribution in [-0.4, -0.2) is 18.3 Å². The van der Waals surface area contributed by atoms with Crippen LogP contribution in [-0.2, 0) is 6.42 Å². The van der Waals surface area contributed by atoms with Crippen LogP contribution in [0.2, 0.25) is 0 Å². The van der Waals surface area contributed by atoms with Gasteiger partial charge in [0.15, 0.2) is 17.3 Å². The summed E-state index contributed by atoms with van der Waals surface area (Å²) in [6.07, 6.45) is 0.378. The molecule has 3 nitrogen and oxygen atoms in total. The van der Waals surface area contributed by atoms with Crippen molar-refractivity contribution in [2.45, 2.75) is 19.4 Å². The van der Waals surface area contributed by atoms with Crippen molar-refractivity contribution in [3.8, 4) is 11.5 Å². The molecule has 1 aromatic carbocycles. The molecule has 0 saturated carbocycles. The quantitative estimate of drug-likeness (QED) is 0.891. The van der Waals surface area contributed by atoms with Crippen molar-refractivity contribution in [1.29, 1.82) is 0 Å². The van der Waals surface area contributed by atoms with Crippen LogP contribution < -0.4 is 10.5 Å². The number of ether oxygens (including phenoxy) is 1. The SMILES string of the molecule is COc1c(O)cc(Br)c(CC(C)N)c1F. The Bertz CT molecular complexity index is 369. The molecule has 1 rings (SSSR count). The first-order chi connectivity index (χ1) is 6.97. The first-order valence-electron chi connectivity index (χ1n) is 4.46. The summed E-state index contributed by atoms with van der Waals surface area (Å²) in [5.41, 5.74) is 6.02. The lowest BCUT2D eigenvalue weighted by molar-refractivity contribution is 0.348. The van der Waals surface area contributed by atoms with E-state index < -0.39 is 5.82 Å². The van der Waals surface area contributed by atoms with Crippen molar-refractivity contribution in [3.63, 3.8) is 0 Å². The molecule has 0 saturated heterocycles. The van der Waals surface area contributed by atoms with E-state index in [1.165, 1.54) is 13.2 Å². The summed E-state index contributed by atoms with van der Waals surface area (Å²) in [6.45, 7) is 1.78. The average Bonchev–Trinajstić information content (AvgIpc) is 2.12. The van der Waals surface area contributed by atoms with Crippen LogP contribution in [0.5, 0.6) is 11.5 Å². The van der Waals surface area contributed by atoms with Gasteiger partial charge in [0.25, 0.3) is 0 Å². The van der Waals surface area contributed by atoms with Crippen LogP contribution in [0.1, 0.15) is 12.5 Å². The molecule has 3 N–H and O–H groups in total. The highest BCUT2D eigenvalue weighted by molar-refractivity contribution is 9.10. The predicted octanol–water partition coefficient (Wildman–Crippen LogP) is 2.19. The Labute approximate surface area is 96.2 Å². The summed E-state index contributed by atoms with van der Waals surface area (Å²) in [5, 5.41) is 9.40. The van der Waals surface area contributed by atoms with Crippen molar-refractivity contribution >= 4 is 15.9 Å². The molecule has 0 bridgehead atoms. The van der Waals surface area contributed by atoms with Crippen molar-refractivity contribution < 1.29 is 14.2 Å². The molecule has 0 fully saturated rings. The van der Waals surface area contributed by atoms with E-state index >= 15 is 0 Å². The molecule has 0 spiro atoms. The summed E-state index contributed by atoms with van der Waals surface area (Å²) in [7, 11) is 1.31. The zero-order valence-electron chi connectivity index (χ0n) is 8.55. The first kappa shape index (κ1) is 12.3. The number of aromatic hydroxyl groups is 1. The molecule has 1 unspecified atom stereocenters. The molecule has 1 atom stereocenters. The summed E-state index contributed by atoms with van der Waals surface area (Å²) in [6, 6.07) is 1.24. The van der Waals surface area contributed by atoms with Gasteiger partial charge < -0.3 is 15.6 Å². The molecular weight excluding hydrogens is 265 g/mol. The molecule has 15 heavy (non-hydrogen) atoms. The molecular formula is C10H13BrFNO2. The molecule has 0 aromatic heterocycles. The largest absolute Gasteiger partial charge is 0.504 e. The maximum atomic E-state index is 13.8. The number of rotatable bonds is 3. The van der Waals surface area contributed by atoms with Crippen LogP contribution in [0.15, 0.2) is 10.5 Å². The third-order valence-electron chi connectivity index (χ3n) is 1.98. The molecule has 1 aromatic rings. The third kappa shape index (κ3) is 2.60. The van der Waals surface area contributed by atoms with Gasteiger partial charge in [-0.1, -0.05) is 15.9 Å². The average molecular weight is 278 g/mol. The number of nitrogens with two attached hydrogens (primary N) is 1. The summed E-state index contributed by atoms with van der Waals surface area (Å²) < 4.78 is 19.0. The number of hydrogen-bond donors (Lipinski definition) is 2. The minimum atomic E-state index is -0.568. The Morgan fingerprint density at radius 3 is 2.73 bits per heavy atom. The highest BCUT2D eigenvalue weighted by Gasteiger charge is 2.18. The van der Waals surface area contributed by atoms with E-state index in [9.17, 15) is 9.50 Å². The van der Waals surface area contributed by atoms with Crippen LogP contribution >= 0.6 is 15.9 Å². The fourth-order valence-electron chi connectivity index (χ4n) is 1.33. The number of phenolic OH excluding ortho intramolecular Hbond substituents is 1. The smallest absolute Gasteiger partial charge is 0.196 e. The van der Waals surface area contributed by atoms with Gasteiger partial charge in [0, 0.05) is 16.1 Å². The molecule has 0 heterocycles. The summed E-state index contributed by atoms with van der Waals surface area (Å²) in [5.74, 6) is -0.939. The van der Waals surface area contributed by atoms with Gasteiger partial charge in [-0.25, -0.2) is 4.39 Å². The van der Waals surface area contributed by atoms with Crippen molar-refractivity contribution in [1.82, 2.24) is 0 Å². The maximum Gasteiger partial charge on any atom is 0.196 e. The molecule has 84 valence electrons. The Hall–Kier alpha value is -0.810. The standard InChI is InChI=1S/C10H13BrFNO2/c1-5(13)3-6-7(11)4-8(14)10(15-2)9(6)12/h4-5,14H,3,13H2,1-2H3. The lowest BCUT2D eigenvalue weighted by atomic mass is 10.1. The van der Waals surface area contributed by atoms with Gasteiger partial charge in [-0.3, -0.25) is 0 Å². The highest BCUT2D eigenvalue weighted by Crippen LogP contribution is 2.36. The predicted molar refractivity (Wildman–Crippen MR) is 59.7 cm³/mol. The van der Waals surface area contributed by atoms with Crippen LogP contribution in [0.3, 0.4) is 0 Å². The van der Waals surface area contributed by atoms with E-state index in [-0.39, 0.29) is 17.5 Å². The van der Waals surface area contributed by atoms with E-state index in [4.69, 9.17) is 10.5 Å². The second-order valence-corrected chi connectivity index (χ2v) is 4.24. The minimum absolute atomic E-state index is 0.145. The Morgan fingerprint density at radius 1 is 1.67 bits per heavy atom. The fraction of sp³-hybridized carbons (Fsp3) is 0.400. The lowest BCUT2D eigenvalue weighted by Gasteiger charge is -2.13. The number of halogens is 2. The second-order valence-electron chi connectivity index (χ2n) is 3.38. The Balaban J connectivity index is 3.26. The number of benzene rings is 1. The third-order valence-corrected chi connectivity index (χ3v) is 2.69. The molecule has 0 radical (unpaired) electrons. The van der Waals surface area contributed by atoms with Crippen molar-refractivity contribution in [3.05, 3.63) is 21.9 Å². The molecule has 0 amide bonds. The van der Waals surface area contributed by atoms with Gasteiger partial charge in [0.1, 0.15) is 0 Å². The number of methoxy groups -OCH3 is 1. The monoisotopic (exact) mass is 277 g/mol. The summed E-state index contributed by atoms with van der Waals surface area (Å²) >= 11 is 3.18. The second kappa shape index (κ2) is 4.81. The molecule has 0 aliphatic heterocycles. The molecule has 5 heteroatoms. The molecule has 0 aliphatic carbocycles. The van der Waals surface area contributed by atoms with Gasteiger partial charge in [-0.05, 0) is 19.4 Å². The highest BCUT2D eigenvalue weighted by atomic mass is 79.9. The Kier molecular flexibility index (Phi) is 3.93. The van der Waals surface area contributed by atoms with Gasteiger partial charge >= 0.3 is 0 Å². The first-order valence-corrected chi connectivity index (χ1v) is 5.26. The van der Waals surface area contributed by atoms with E-state index in [0.717, 1.165) is 0 Å². The Morgan fingerprint density at radius 2 is 2.27 bits per heavy atom. The van der Waals surface area contributed by atoms with Crippen LogP contribution in [0.4, 0.5) is 4.39 Å². The number of phenols is 1. The van der Waals surface area contributed by atoms with Crippen molar-refractivity contribution in [2.24, 2.45) is 5.73 Å². The normalized spacial score (nSPS) is 12.6. The van der Waals surface area contributed by atoms with Gasteiger partial charge in [0.2, 0.25) is 0 Å². The van der Waals surface area contributed by atoms with Gasteiger partial charge in [-0.2, -0.15) is 0 Å².